The van der Waals surface area contributed by atoms with E-state index in [-0.39, 0.29) is 12.2 Å². The average Bonchev–Trinajstić information content (AvgIpc) is 2.81. The smallest absolute Gasteiger partial charge is 0.189 e. The minimum Gasteiger partial charge on any atom is -0.292 e. The fraction of sp³-hybridized carbons (Fsp3) is 0.0714. The maximum Gasteiger partial charge on any atom is 0.189 e. The van der Waals surface area contributed by atoms with Crippen LogP contribution in [0.3, 0.4) is 0 Å². The van der Waals surface area contributed by atoms with Gasteiger partial charge in [-0.2, -0.15) is 0 Å². The molecule has 0 spiro atoms. The largest absolute Gasteiger partial charge is 0.292 e. The van der Waals surface area contributed by atoms with Crippen LogP contribution in [0.5, 0.6) is 0 Å². The van der Waals surface area contributed by atoms with Gasteiger partial charge in [-0.15, -0.1) is 11.3 Å². The van der Waals surface area contributed by atoms with Gasteiger partial charge >= 0.3 is 0 Å². The SMILES string of the molecule is O=C(Cc1nc2ccccc2s1)c1ncccc1Cl. The van der Waals surface area contributed by atoms with Crippen LogP contribution >= 0.6 is 22.9 Å². The van der Waals surface area contributed by atoms with Gasteiger partial charge in [0.15, 0.2) is 5.78 Å². The molecule has 3 aromatic rings. The molecular weight excluding hydrogens is 280 g/mol. The van der Waals surface area contributed by atoms with Crippen LogP contribution in [0, 0.1) is 0 Å². The van der Waals surface area contributed by atoms with Gasteiger partial charge in [-0.25, -0.2) is 4.98 Å². The number of aromatic nitrogens is 2. The number of halogens is 1. The van der Waals surface area contributed by atoms with Crippen molar-refractivity contribution in [3.8, 4) is 0 Å². The van der Waals surface area contributed by atoms with Crippen molar-refractivity contribution in [3.63, 3.8) is 0 Å². The van der Waals surface area contributed by atoms with Gasteiger partial charge in [0.05, 0.1) is 21.7 Å². The molecule has 0 fully saturated rings. The zero-order chi connectivity index (χ0) is 13.2. The molecule has 0 saturated heterocycles. The topological polar surface area (TPSA) is 42.9 Å². The van der Waals surface area contributed by atoms with Crippen LogP contribution in [0.1, 0.15) is 15.5 Å². The van der Waals surface area contributed by atoms with E-state index in [1.807, 2.05) is 24.3 Å². The number of Topliss-reactive ketones (excluding diaryl/α,β-unsaturated/α-hetero) is 1. The van der Waals surface area contributed by atoms with E-state index in [4.69, 9.17) is 11.6 Å². The van der Waals surface area contributed by atoms with Gasteiger partial charge in [-0.05, 0) is 24.3 Å². The molecule has 19 heavy (non-hydrogen) atoms. The second-order valence-corrected chi connectivity index (χ2v) is 5.53. The first kappa shape index (κ1) is 12.3. The molecule has 0 aliphatic heterocycles. The Balaban J connectivity index is 1.89. The summed E-state index contributed by atoms with van der Waals surface area (Å²) in [6, 6.07) is 11.2. The lowest BCUT2D eigenvalue weighted by Gasteiger charge is -1.99. The second-order valence-electron chi connectivity index (χ2n) is 4.01. The third kappa shape index (κ3) is 2.50. The number of para-hydroxylation sites is 1. The minimum atomic E-state index is -0.107. The zero-order valence-corrected chi connectivity index (χ0v) is 11.4. The summed E-state index contributed by atoms with van der Waals surface area (Å²) in [7, 11) is 0. The van der Waals surface area contributed by atoms with Crippen molar-refractivity contribution in [2.24, 2.45) is 0 Å². The number of carbonyl (C=O) groups excluding carboxylic acids is 1. The second kappa shape index (κ2) is 5.07. The molecule has 0 aliphatic carbocycles. The van der Waals surface area contributed by atoms with Crippen LogP contribution in [0.4, 0.5) is 0 Å². The lowest BCUT2D eigenvalue weighted by molar-refractivity contribution is 0.0988. The van der Waals surface area contributed by atoms with Crippen molar-refractivity contribution in [2.45, 2.75) is 6.42 Å². The maximum atomic E-state index is 12.1. The lowest BCUT2D eigenvalue weighted by Crippen LogP contribution is -2.06. The van der Waals surface area contributed by atoms with Crippen molar-refractivity contribution >= 4 is 38.9 Å². The van der Waals surface area contributed by atoms with Gasteiger partial charge in [-0.3, -0.25) is 9.78 Å². The first-order valence-corrected chi connectivity index (χ1v) is 6.91. The molecule has 0 amide bonds. The number of thiazole rings is 1. The summed E-state index contributed by atoms with van der Waals surface area (Å²) in [5.74, 6) is -0.107. The first-order chi connectivity index (χ1) is 9.24. The van der Waals surface area contributed by atoms with Crippen LogP contribution in [0.15, 0.2) is 42.6 Å². The van der Waals surface area contributed by atoms with Crippen LogP contribution < -0.4 is 0 Å². The summed E-state index contributed by atoms with van der Waals surface area (Å²) in [5, 5.41) is 1.17. The quantitative estimate of drug-likeness (QED) is 0.689. The molecule has 0 aliphatic rings. The standard InChI is InChI=1S/C14H9ClN2OS/c15-9-4-3-7-16-14(9)11(18)8-13-17-10-5-1-2-6-12(10)19-13/h1-7H,8H2. The van der Waals surface area contributed by atoms with Crippen molar-refractivity contribution in [2.75, 3.05) is 0 Å². The molecule has 5 heteroatoms. The molecule has 1 aromatic carbocycles. The summed E-state index contributed by atoms with van der Waals surface area (Å²) >= 11 is 7.49. The summed E-state index contributed by atoms with van der Waals surface area (Å²) in [6.45, 7) is 0. The van der Waals surface area contributed by atoms with Gasteiger partial charge in [0.2, 0.25) is 0 Å². The van der Waals surface area contributed by atoms with Crippen molar-refractivity contribution < 1.29 is 4.79 Å². The summed E-state index contributed by atoms with van der Waals surface area (Å²) in [6.07, 6.45) is 1.80. The van der Waals surface area contributed by atoms with Gasteiger partial charge in [-0.1, -0.05) is 23.7 Å². The highest BCUT2D eigenvalue weighted by molar-refractivity contribution is 7.18. The molecule has 0 atom stereocenters. The molecule has 2 aromatic heterocycles. The minimum absolute atomic E-state index is 0.107. The number of hydrogen-bond donors (Lipinski definition) is 0. The Kier molecular flexibility index (Phi) is 3.27. The number of hydrogen-bond acceptors (Lipinski definition) is 4. The zero-order valence-electron chi connectivity index (χ0n) is 9.84. The molecule has 3 nitrogen and oxygen atoms in total. The monoisotopic (exact) mass is 288 g/mol. The molecule has 94 valence electrons. The van der Waals surface area contributed by atoms with Crippen LogP contribution in [0.2, 0.25) is 5.02 Å². The van der Waals surface area contributed by atoms with Crippen molar-refractivity contribution in [3.05, 3.63) is 58.3 Å². The summed E-state index contributed by atoms with van der Waals surface area (Å²) in [4.78, 5) is 20.6. The van der Waals surface area contributed by atoms with Crippen molar-refractivity contribution in [1.82, 2.24) is 9.97 Å². The Labute approximate surface area is 118 Å². The molecule has 0 bridgehead atoms. The predicted molar refractivity (Wildman–Crippen MR) is 76.9 cm³/mol. The highest BCUT2D eigenvalue weighted by Crippen LogP contribution is 2.23. The molecule has 0 N–H and O–H groups in total. The molecule has 0 unspecified atom stereocenters. The van der Waals surface area contributed by atoms with E-state index < -0.39 is 0 Å². The third-order valence-corrected chi connectivity index (χ3v) is 4.01. The molecular formula is C14H9ClN2OS. The number of carbonyl (C=O) groups is 1. The van der Waals surface area contributed by atoms with E-state index in [9.17, 15) is 4.79 Å². The third-order valence-electron chi connectivity index (χ3n) is 2.67. The Hall–Kier alpha value is -1.78. The number of ketones is 1. The number of nitrogens with zero attached hydrogens (tertiary/aromatic N) is 2. The fourth-order valence-electron chi connectivity index (χ4n) is 1.81. The van der Waals surface area contributed by atoms with E-state index in [2.05, 4.69) is 9.97 Å². The Morgan fingerprint density at radius 2 is 2.05 bits per heavy atom. The molecule has 2 heterocycles. The average molecular weight is 289 g/mol. The van der Waals surface area contributed by atoms with E-state index in [0.29, 0.717) is 10.7 Å². The summed E-state index contributed by atoms with van der Waals surface area (Å²) in [5.41, 5.74) is 1.23. The highest BCUT2D eigenvalue weighted by Gasteiger charge is 2.14. The summed E-state index contributed by atoms with van der Waals surface area (Å²) < 4.78 is 1.08. The van der Waals surface area contributed by atoms with Gasteiger partial charge < -0.3 is 0 Å². The fourth-order valence-corrected chi connectivity index (χ4v) is 3.00. The molecule has 0 radical (unpaired) electrons. The Bertz CT molecular complexity index is 721. The lowest BCUT2D eigenvalue weighted by atomic mass is 10.2. The van der Waals surface area contributed by atoms with Gasteiger partial charge in [0.1, 0.15) is 10.7 Å². The van der Waals surface area contributed by atoms with Crippen LogP contribution in [0.25, 0.3) is 10.2 Å². The predicted octanol–water partition coefficient (Wildman–Crippen LogP) is 3.77. The van der Waals surface area contributed by atoms with Gasteiger partial charge in [0, 0.05) is 6.20 Å². The Morgan fingerprint density at radius 3 is 2.84 bits per heavy atom. The van der Waals surface area contributed by atoms with E-state index >= 15 is 0 Å². The van der Waals surface area contributed by atoms with Crippen LogP contribution in [-0.4, -0.2) is 15.8 Å². The number of benzene rings is 1. The number of pyridine rings is 1. The van der Waals surface area contributed by atoms with Gasteiger partial charge in [0.25, 0.3) is 0 Å². The first-order valence-electron chi connectivity index (χ1n) is 5.72. The Morgan fingerprint density at radius 1 is 1.21 bits per heavy atom. The number of fused-ring (bicyclic) bond motifs is 1. The van der Waals surface area contributed by atoms with E-state index in [0.717, 1.165) is 15.2 Å². The number of rotatable bonds is 3. The van der Waals surface area contributed by atoms with E-state index in [1.54, 1.807) is 18.3 Å². The van der Waals surface area contributed by atoms with E-state index in [1.165, 1.54) is 11.3 Å². The highest BCUT2D eigenvalue weighted by atomic mass is 35.5. The van der Waals surface area contributed by atoms with Crippen molar-refractivity contribution in [1.29, 1.82) is 0 Å². The maximum absolute atomic E-state index is 12.1. The van der Waals surface area contributed by atoms with Crippen LogP contribution in [-0.2, 0) is 6.42 Å². The molecule has 0 saturated carbocycles. The molecule has 3 rings (SSSR count). The normalized spacial score (nSPS) is 10.8.